The summed E-state index contributed by atoms with van der Waals surface area (Å²) in [4.78, 5) is 0. The van der Waals surface area contributed by atoms with E-state index in [0.717, 1.165) is 5.65 Å². The number of rotatable bonds is 2. The predicted molar refractivity (Wildman–Crippen MR) is 44.3 cm³/mol. The molecule has 2 nitrogen and oxygen atoms in total. The van der Waals surface area contributed by atoms with Crippen molar-refractivity contribution in [2.45, 2.75) is 6.18 Å². The Balaban J connectivity index is 3.20. The van der Waals surface area contributed by atoms with Crippen molar-refractivity contribution in [3.63, 3.8) is 0 Å². The van der Waals surface area contributed by atoms with E-state index < -0.39 is 22.6 Å². The zero-order valence-electron chi connectivity index (χ0n) is 6.92. The molecule has 0 heterocycles. The Morgan fingerprint density at radius 2 is 1.80 bits per heavy atom. The summed E-state index contributed by atoms with van der Waals surface area (Å²) in [7, 11) is 0. The van der Waals surface area contributed by atoms with E-state index in [4.69, 9.17) is 11.6 Å². The molecule has 0 atom stereocenters. The van der Waals surface area contributed by atoms with Gasteiger partial charge in [-0.05, 0) is 6.07 Å². The number of hydrogen-bond donors (Lipinski definition) is 2. The van der Waals surface area contributed by atoms with Crippen LogP contribution in [0.3, 0.4) is 0 Å². The van der Waals surface area contributed by atoms with Crippen molar-refractivity contribution >= 4 is 17.3 Å². The van der Waals surface area contributed by atoms with Gasteiger partial charge in [-0.3, -0.25) is 5.43 Å². The lowest BCUT2D eigenvalue weighted by Gasteiger charge is -2.11. The van der Waals surface area contributed by atoms with Crippen molar-refractivity contribution in [2.75, 3.05) is 5.43 Å². The van der Waals surface area contributed by atoms with E-state index in [1.807, 2.05) is 0 Å². The van der Waals surface area contributed by atoms with Crippen molar-refractivity contribution in [3.05, 3.63) is 28.5 Å². The van der Waals surface area contributed by atoms with Crippen LogP contribution in [0.5, 0.6) is 0 Å². The molecule has 1 aromatic rings. The Kier molecular flexibility index (Phi) is 3.35. The molecule has 0 aliphatic rings. The van der Waals surface area contributed by atoms with Crippen molar-refractivity contribution in [1.82, 2.24) is 5.65 Å². The second-order valence-electron chi connectivity index (χ2n) is 2.53. The molecule has 15 heavy (non-hydrogen) atoms. The van der Waals surface area contributed by atoms with E-state index in [1.54, 1.807) is 5.43 Å². The fourth-order valence-electron chi connectivity index (χ4n) is 0.911. The Morgan fingerprint density at radius 3 is 2.27 bits per heavy atom. The minimum atomic E-state index is -4.84. The molecule has 1 rings (SSSR count). The molecule has 0 aliphatic heterocycles. The van der Waals surface area contributed by atoms with E-state index in [0.29, 0.717) is 12.1 Å². The standard InChI is InChI=1S/C7H4ClF5N2/c8-4-1-3(7(10,11)12)5(9)2-6(4)14-15-13/h1-2,14-15H. The van der Waals surface area contributed by atoms with E-state index in [1.165, 1.54) is 0 Å². The van der Waals surface area contributed by atoms with Gasteiger partial charge < -0.3 is 0 Å². The normalized spacial score (nSPS) is 11.6. The highest BCUT2D eigenvalue weighted by molar-refractivity contribution is 6.33. The minimum Gasteiger partial charge on any atom is -0.293 e. The maximum atomic E-state index is 12.9. The molecule has 0 radical (unpaired) electrons. The Morgan fingerprint density at radius 1 is 1.20 bits per heavy atom. The van der Waals surface area contributed by atoms with Gasteiger partial charge in [0.15, 0.2) is 0 Å². The van der Waals surface area contributed by atoms with Crippen LogP contribution < -0.4 is 11.1 Å². The molecule has 0 saturated heterocycles. The molecule has 0 spiro atoms. The average molecular weight is 247 g/mol. The van der Waals surface area contributed by atoms with Crippen LogP contribution in [0.1, 0.15) is 5.56 Å². The zero-order valence-corrected chi connectivity index (χ0v) is 7.68. The van der Waals surface area contributed by atoms with E-state index >= 15 is 0 Å². The summed E-state index contributed by atoms with van der Waals surface area (Å²) in [6, 6.07) is 0.814. The van der Waals surface area contributed by atoms with Gasteiger partial charge in [-0.1, -0.05) is 17.2 Å². The number of hydrogen-bond acceptors (Lipinski definition) is 2. The maximum absolute atomic E-state index is 12.9. The van der Waals surface area contributed by atoms with E-state index in [-0.39, 0.29) is 5.69 Å². The molecule has 0 amide bonds. The second kappa shape index (κ2) is 4.19. The lowest BCUT2D eigenvalue weighted by Crippen LogP contribution is -2.13. The second-order valence-corrected chi connectivity index (χ2v) is 2.94. The Hall–Kier alpha value is -1.08. The molecular weight excluding hydrogens is 243 g/mol. The Bertz CT molecular complexity index is 365. The summed E-state index contributed by atoms with van der Waals surface area (Å²) in [5, 5.41) is -0.450. The molecule has 0 fully saturated rings. The van der Waals surface area contributed by atoms with E-state index in [9.17, 15) is 22.0 Å². The van der Waals surface area contributed by atoms with Crippen molar-refractivity contribution < 1.29 is 22.0 Å². The van der Waals surface area contributed by atoms with Crippen LogP contribution >= 0.6 is 11.6 Å². The molecule has 0 saturated carbocycles. The lowest BCUT2D eigenvalue weighted by molar-refractivity contribution is -0.139. The first kappa shape index (κ1) is 12.0. The van der Waals surface area contributed by atoms with Crippen molar-refractivity contribution in [3.8, 4) is 0 Å². The number of nitrogens with one attached hydrogen (secondary N) is 2. The highest BCUT2D eigenvalue weighted by Crippen LogP contribution is 2.35. The third-order valence-electron chi connectivity index (χ3n) is 1.54. The number of anilines is 1. The number of alkyl halides is 3. The quantitative estimate of drug-likeness (QED) is 0.475. The first-order valence-corrected chi connectivity index (χ1v) is 3.92. The summed E-state index contributed by atoms with van der Waals surface area (Å²) >= 11 is 5.35. The van der Waals surface area contributed by atoms with Gasteiger partial charge in [-0.15, -0.1) is 4.48 Å². The topological polar surface area (TPSA) is 24.1 Å². The highest BCUT2D eigenvalue weighted by atomic mass is 35.5. The molecule has 0 aromatic heterocycles. The van der Waals surface area contributed by atoms with Gasteiger partial charge in [0, 0.05) is 6.07 Å². The van der Waals surface area contributed by atoms with Gasteiger partial charge in [0.25, 0.3) is 0 Å². The SMILES string of the molecule is FNNc1cc(F)c(C(F)(F)F)cc1Cl. The summed E-state index contributed by atoms with van der Waals surface area (Å²) < 4.78 is 60.9. The minimum absolute atomic E-state index is 0.329. The molecule has 0 aliphatic carbocycles. The fraction of sp³-hybridized carbons (Fsp3) is 0.143. The van der Waals surface area contributed by atoms with Crippen LogP contribution in [0.15, 0.2) is 12.1 Å². The van der Waals surface area contributed by atoms with Gasteiger partial charge in [0.1, 0.15) is 5.82 Å². The summed E-state index contributed by atoms with van der Waals surface area (Å²) in [5.74, 6) is -1.54. The number of benzene rings is 1. The van der Waals surface area contributed by atoms with Crippen molar-refractivity contribution in [1.29, 1.82) is 0 Å². The fourth-order valence-corrected chi connectivity index (χ4v) is 1.12. The van der Waals surface area contributed by atoms with Crippen LogP contribution in [-0.2, 0) is 6.18 Å². The first-order valence-electron chi connectivity index (χ1n) is 3.54. The predicted octanol–water partition coefficient (Wildman–Crippen LogP) is 3.30. The number of halogens is 6. The first-order chi connectivity index (χ1) is 6.86. The average Bonchev–Trinajstić information content (AvgIpc) is 2.09. The summed E-state index contributed by atoms with van der Waals surface area (Å²) in [5.41, 5.74) is 0.835. The van der Waals surface area contributed by atoms with Gasteiger partial charge in [0.2, 0.25) is 0 Å². The molecule has 0 bridgehead atoms. The van der Waals surface area contributed by atoms with Gasteiger partial charge in [-0.2, -0.15) is 13.2 Å². The molecule has 8 heteroatoms. The molecular formula is C7H4ClF5N2. The van der Waals surface area contributed by atoms with Crippen molar-refractivity contribution in [2.24, 2.45) is 0 Å². The van der Waals surface area contributed by atoms with Gasteiger partial charge >= 0.3 is 6.18 Å². The smallest absolute Gasteiger partial charge is 0.293 e. The van der Waals surface area contributed by atoms with E-state index in [2.05, 4.69) is 0 Å². The van der Waals surface area contributed by atoms with Crippen LogP contribution in [0.4, 0.5) is 27.7 Å². The van der Waals surface area contributed by atoms with Crippen LogP contribution in [0.25, 0.3) is 0 Å². The summed E-state index contributed by atoms with van der Waals surface area (Å²) in [6.45, 7) is 0. The summed E-state index contributed by atoms with van der Waals surface area (Å²) in [6.07, 6.45) is -4.84. The Labute approximate surface area is 85.9 Å². The number of hydrazine groups is 1. The molecule has 84 valence electrons. The highest BCUT2D eigenvalue weighted by Gasteiger charge is 2.34. The maximum Gasteiger partial charge on any atom is 0.419 e. The van der Waals surface area contributed by atoms with Gasteiger partial charge in [-0.25, -0.2) is 4.39 Å². The zero-order chi connectivity index (χ0) is 11.6. The van der Waals surface area contributed by atoms with Crippen LogP contribution in [0, 0.1) is 5.82 Å². The lowest BCUT2D eigenvalue weighted by atomic mass is 10.2. The molecule has 2 N–H and O–H groups in total. The monoisotopic (exact) mass is 246 g/mol. The van der Waals surface area contributed by atoms with Gasteiger partial charge in [0.05, 0.1) is 16.3 Å². The molecule has 0 unspecified atom stereocenters. The third kappa shape index (κ3) is 2.69. The third-order valence-corrected chi connectivity index (χ3v) is 1.86. The van der Waals surface area contributed by atoms with Crippen LogP contribution in [0.2, 0.25) is 5.02 Å². The molecule has 1 aromatic carbocycles. The largest absolute Gasteiger partial charge is 0.419 e. The van der Waals surface area contributed by atoms with Crippen LogP contribution in [-0.4, -0.2) is 0 Å².